The van der Waals surface area contributed by atoms with E-state index < -0.39 is 6.04 Å². The number of hydrogen-bond donors (Lipinski definition) is 1. The molecular weight excluding hydrogens is 650 g/mol. The summed E-state index contributed by atoms with van der Waals surface area (Å²) in [5, 5.41) is 1.12. The fourth-order valence-corrected chi connectivity index (χ4v) is 5.91. The minimum Gasteiger partial charge on any atom is -0.398 e. The van der Waals surface area contributed by atoms with Crippen LogP contribution in [-0.4, -0.2) is 67.6 Å². The smallest absolute Gasteiger partial charge is 0.256 e. The van der Waals surface area contributed by atoms with E-state index in [1.165, 1.54) is 0 Å². The van der Waals surface area contributed by atoms with Crippen LogP contribution < -0.4 is 10.6 Å². The van der Waals surface area contributed by atoms with Crippen LogP contribution in [-0.2, 0) is 16.0 Å². The maximum atomic E-state index is 14.4. The van der Waals surface area contributed by atoms with E-state index in [0.29, 0.717) is 71.8 Å². The Hall–Kier alpha value is -2.37. The third kappa shape index (κ3) is 6.36. The number of nitrogen functional groups attached to an aromatic ring is 1. The minimum atomic E-state index is -0.821. The summed E-state index contributed by atoms with van der Waals surface area (Å²) in [4.78, 5) is 34.4. The van der Waals surface area contributed by atoms with Gasteiger partial charge in [-0.2, -0.15) is 0 Å². The molecule has 1 unspecified atom stereocenters. The molecule has 2 N–H and O–H groups in total. The second kappa shape index (κ2) is 12.4. The van der Waals surface area contributed by atoms with E-state index in [-0.39, 0.29) is 11.8 Å². The van der Waals surface area contributed by atoms with Crippen molar-refractivity contribution in [3.8, 4) is 0 Å². The number of hydrogen-bond acceptors (Lipinski definition) is 5. The molecule has 3 aromatic rings. The zero-order chi connectivity index (χ0) is 27.5. The zero-order valence-corrected chi connectivity index (χ0v) is 25.0. The first kappa shape index (κ1) is 28.2. The monoisotopic (exact) mass is 678 g/mol. The van der Waals surface area contributed by atoms with E-state index in [1.54, 1.807) is 34.1 Å². The number of carbonyl (C=O) groups is 2. The first-order valence-corrected chi connectivity index (χ1v) is 14.7. The Morgan fingerprint density at radius 3 is 2.33 bits per heavy atom. The van der Waals surface area contributed by atoms with Crippen LogP contribution in [0.4, 0.5) is 11.4 Å². The Labute approximate surface area is 251 Å². The zero-order valence-electron chi connectivity index (χ0n) is 21.3. The van der Waals surface area contributed by atoms with Crippen molar-refractivity contribution in [2.75, 3.05) is 56.6 Å². The third-order valence-corrected chi connectivity index (χ3v) is 8.37. The molecule has 0 spiro atoms. The normalized spacial score (nSPS) is 18.3. The summed E-state index contributed by atoms with van der Waals surface area (Å²) in [5.74, 6) is -0.346. The van der Waals surface area contributed by atoms with Crippen molar-refractivity contribution in [1.29, 1.82) is 0 Å². The van der Waals surface area contributed by atoms with Crippen LogP contribution in [0.2, 0.25) is 10.0 Å². The molecule has 1 fully saturated rings. The molecule has 0 bridgehead atoms. The van der Waals surface area contributed by atoms with Gasteiger partial charge in [0.25, 0.3) is 11.8 Å². The van der Waals surface area contributed by atoms with E-state index in [1.807, 2.05) is 36.4 Å². The van der Waals surface area contributed by atoms with Crippen LogP contribution in [0.1, 0.15) is 27.5 Å². The highest BCUT2D eigenvalue weighted by Gasteiger charge is 2.40. The molecule has 0 radical (unpaired) electrons. The highest BCUT2D eigenvalue weighted by molar-refractivity contribution is 14.1. The molecule has 7 nitrogen and oxygen atoms in total. The predicted molar refractivity (Wildman–Crippen MR) is 164 cm³/mol. The number of carbonyl (C=O) groups excluding carboxylic acids is 2. The van der Waals surface area contributed by atoms with Crippen molar-refractivity contribution >= 4 is 69.0 Å². The predicted octanol–water partition coefficient (Wildman–Crippen LogP) is 5.29. The van der Waals surface area contributed by atoms with Crippen molar-refractivity contribution in [3.05, 3.63) is 91.0 Å². The quantitative estimate of drug-likeness (QED) is 0.272. The van der Waals surface area contributed by atoms with Crippen molar-refractivity contribution in [1.82, 2.24) is 9.80 Å². The van der Waals surface area contributed by atoms with Gasteiger partial charge in [-0.25, -0.2) is 0 Å². The fraction of sp³-hybridized carbons (Fsp3) is 0.310. The van der Waals surface area contributed by atoms with Crippen LogP contribution in [0.15, 0.2) is 60.7 Å². The van der Waals surface area contributed by atoms with Crippen molar-refractivity contribution < 1.29 is 14.3 Å². The lowest BCUT2D eigenvalue weighted by atomic mass is 10.0. The Morgan fingerprint density at radius 1 is 0.897 bits per heavy atom. The average Bonchev–Trinajstić information content (AvgIpc) is 3.01. The summed E-state index contributed by atoms with van der Waals surface area (Å²) in [6.07, 6.45) is 0.471. The van der Waals surface area contributed by atoms with E-state index >= 15 is 0 Å². The number of morpholine rings is 1. The summed E-state index contributed by atoms with van der Waals surface area (Å²) < 4.78 is 6.41. The number of anilines is 2. The first-order valence-electron chi connectivity index (χ1n) is 12.8. The number of ether oxygens (including phenoxy) is 1. The SMILES string of the molecule is Nc1cc(Cl)ccc1CCN1C(=O)c2cc(I)ccc2N(CCN2CCOCC2)C(=O)C1c1ccc(Cl)cc1. The van der Waals surface area contributed by atoms with Gasteiger partial charge in [0, 0.05) is 52.0 Å². The van der Waals surface area contributed by atoms with Crippen LogP contribution in [0, 0.1) is 3.57 Å². The van der Waals surface area contributed by atoms with E-state index in [4.69, 9.17) is 33.7 Å². The molecule has 5 rings (SSSR count). The maximum Gasteiger partial charge on any atom is 0.256 e. The Bertz CT molecular complexity index is 1370. The van der Waals surface area contributed by atoms with E-state index in [0.717, 1.165) is 22.2 Å². The topological polar surface area (TPSA) is 79.1 Å². The van der Waals surface area contributed by atoms with Gasteiger partial charge >= 0.3 is 0 Å². The molecule has 39 heavy (non-hydrogen) atoms. The number of fused-ring (bicyclic) bond motifs is 1. The molecule has 204 valence electrons. The summed E-state index contributed by atoms with van der Waals surface area (Å²) in [7, 11) is 0. The molecule has 0 aliphatic carbocycles. The molecule has 2 aliphatic rings. The average molecular weight is 679 g/mol. The lowest BCUT2D eigenvalue weighted by molar-refractivity contribution is -0.123. The summed E-state index contributed by atoms with van der Waals surface area (Å²) >= 11 is 14.5. The minimum absolute atomic E-state index is 0.150. The molecule has 2 aliphatic heterocycles. The second-order valence-corrected chi connectivity index (χ2v) is 11.8. The largest absolute Gasteiger partial charge is 0.398 e. The highest BCUT2D eigenvalue weighted by atomic mass is 127. The summed E-state index contributed by atoms with van der Waals surface area (Å²) in [6, 6.07) is 17.4. The molecule has 0 aromatic heterocycles. The van der Waals surface area contributed by atoms with Gasteiger partial charge in [-0.05, 0) is 82.6 Å². The van der Waals surface area contributed by atoms with Crippen LogP contribution in [0.25, 0.3) is 0 Å². The van der Waals surface area contributed by atoms with Gasteiger partial charge in [0.05, 0.1) is 24.5 Å². The van der Waals surface area contributed by atoms with Gasteiger partial charge < -0.3 is 20.3 Å². The fourth-order valence-electron chi connectivity index (χ4n) is 5.12. The van der Waals surface area contributed by atoms with Gasteiger partial charge in [0.1, 0.15) is 6.04 Å². The molecular formula is C29H29Cl2IN4O3. The van der Waals surface area contributed by atoms with Gasteiger partial charge in [-0.15, -0.1) is 0 Å². The van der Waals surface area contributed by atoms with E-state index in [2.05, 4.69) is 27.5 Å². The van der Waals surface area contributed by atoms with Crippen molar-refractivity contribution in [2.45, 2.75) is 12.5 Å². The van der Waals surface area contributed by atoms with Gasteiger partial charge in [-0.1, -0.05) is 41.4 Å². The van der Waals surface area contributed by atoms with Crippen LogP contribution in [0.3, 0.4) is 0 Å². The Kier molecular flexibility index (Phi) is 8.98. The number of halogens is 3. The first-order chi connectivity index (χ1) is 18.8. The lowest BCUT2D eigenvalue weighted by Gasteiger charge is -2.33. The maximum absolute atomic E-state index is 14.4. The number of amides is 2. The number of benzene rings is 3. The number of nitrogens with two attached hydrogens (primary N) is 1. The van der Waals surface area contributed by atoms with Crippen LogP contribution in [0.5, 0.6) is 0 Å². The summed E-state index contributed by atoms with van der Waals surface area (Å²) in [5.41, 5.74) is 9.50. The Morgan fingerprint density at radius 2 is 1.62 bits per heavy atom. The second-order valence-electron chi connectivity index (χ2n) is 9.65. The summed E-state index contributed by atoms with van der Waals surface area (Å²) in [6.45, 7) is 4.43. The van der Waals surface area contributed by atoms with Gasteiger partial charge in [-0.3, -0.25) is 14.5 Å². The molecule has 1 saturated heterocycles. The van der Waals surface area contributed by atoms with Gasteiger partial charge in [0.15, 0.2) is 0 Å². The third-order valence-electron chi connectivity index (χ3n) is 7.21. The van der Waals surface area contributed by atoms with Crippen LogP contribution >= 0.6 is 45.8 Å². The molecule has 0 saturated carbocycles. The van der Waals surface area contributed by atoms with Gasteiger partial charge in [0.2, 0.25) is 0 Å². The van der Waals surface area contributed by atoms with Crippen molar-refractivity contribution in [2.24, 2.45) is 0 Å². The molecule has 1 atom stereocenters. The molecule has 2 heterocycles. The number of rotatable bonds is 7. The molecule has 10 heteroatoms. The van der Waals surface area contributed by atoms with E-state index in [9.17, 15) is 9.59 Å². The lowest BCUT2D eigenvalue weighted by Crippen LogP contribution is -2.46. The Balaban J connectivity index is 1.55. The molecule has 3 aromatic carbocycles. The molecule has 2 amide bonds. The highest BCUT2D eigenvalue weighted by Crippen LogP contribution is 2.36. The number of nitrogens with zero attached hydrogens (tertiary/aromatic N) is 3. The standard InChI is InChI=1S/C29H29Cl2IN4O3/c30-21-4-2-20(3-5-21)27-29(38)35(12-11-34-13-15-39-16-14-34)26-8-7-23(32)18-24(26)28(37)36(27)10-9-19-1-6-22(31)17-25(19)33/h1-8,17-18,27H,9-16,33H2. The van der Waals surface area contributed by atoms with Crippen molar-refractivity contribution in [3.63, 3.8) is 0 Å².